The third-order valence-electron chi connectivity index (χ3n) is 1.51. The van der Waals surface area contributed by atoms with Crippen molar-refractivity contribution >= 4 is 23.5 Å². The van der Waals surface area contributed by atoms with Crippen molar-refractivity contribution in [2.75, 3.05) is 20.1 Å². The van der Waals surface area contributed by atoms with Gasteiger partial charge in [0.15, 0.2) is 0 Å². The van der Waals surface area contributed by atoms with E-state index in [1.807, 2.05) is 0 Å². The van der Waals surface area contributed by atoms with Crippen molar-refractivity contribution < 1.29 is 19.1 Å². The van der Waals surface area contributed by atoms with Crippen LogP contribution in [0.2, 0.25) is 0 Å². The van der Waals surface area contributed by atoms with Gasteiger partial charge < -0.3 is 9.47 Å². The molecule has 0 fully saturated rings. The second kappa shape index (κ2) is 5.59. The maximum Gasteiger partial charge on any atom is 0.335 e. The highest BCUT2D eigenvalue weighted by Crippen LogP contribution is 2.09. The molecule has 0 aliphatic carbocycles. The number of hydrogen-bond acceptors (Lipinski definition) is 4. The van der Waals surface area contributed by atoms with Crippen molar-refractivity contribution in [3.05, 3.63) is 11.1 Å². The molecule has 0 aromatic rings. The predicted molar refractivity (Wildman–Crippen MR) is 47.5 cm³/mol. The summed E-state index contributed by atoms with van der Waals surface area (Å²) < 4.78 is 8.86. The molecule has 0 radical (unpaired) electrons. The first kappa shape index (κ1) is 12.0. The topological polar surface area (TPSA) is 52.6 Å². The Labute approximate surface area is 81.5 Å². The Bertz CT molecular complexity index is 245. The highest BCUT2D eigenvalue weighted by Gasteiger charge is 2.17. The molecule has 0 saturated carbocycles. The average molecular weight is 207 g/mol. The maximum absolute atomic E-state index is 11.0. The second-order valence-electron chi connectivity index (χ2n) is 2.22. The van der Waals surface area contributed by atoms with Crippen LogP contribution in [0.1, 0.15) is 6.92 Å². The Morgan fingerprint density at radius 3 is 1.92 bits per heavy atom. The minimum absolute atomic E-state index is 0.0758. The van der Waals surface area contributed by atoms with E-state index in [1.54, 1.807) is 0 Å². The van der Waals surface area contributed by atoms with Gasteiger partial charge in [0.25, 0.3) is 0 Å². The molecule has 0 unspecified atom stereocenters. The van der Waals surface area contributed by atoms with E-state index in [9.17, 15) is 9.59 Å². The zero-order valence-corrected chi connectivity index (χ0v) is 8.47. The number of halogens is 1. The van der Waals surface area contributed by atoms with Crippen molar-refractivity contribution in [1.82, 2.24) is 0 Å². The zero-order chi connectivity index (χ0) is 10.4. The molecule has 13 heavy (non-hydrogen) atoms. The van der Waals surface area contributed by atoms with Crippen LogP contribution in [-0.4, -0.2) is 32.0 Å². The van der Waals surface area contributed by atoms with Gasteiger partial charge in [0.2, 0.25) is 0 Å². The molecule has 0 amide bonds. The molecular weight excluding hydrogens is 196 g/mol. The average Bonchev–Trinajstić information content (AvgIpc) is 2.17. The Kier molecular flexibility index (Phi) is 5.14. The molecular formula is C8H11ClO4. The normalized spacial score (nSPS) is 11.7. The van der Waals surface area contributed by atoms with E-state index < -0.39 is 11.9 Å². The van der Waals surface area contributed by atoms with E-state index in [2.05, 4.69) is 9.47 Å². The minimum Gasteiger partial charge on any atom is -0.466 e. The lowest BCUT2D eigenvalue weighted by Crippen LogP contribution is -2.13. The number of hydrogen-bond donors (Lipinski definition) is 0. The number of carbonyl (C=O) groups excluding carboxylic acids is 2. The smallest absolute Gasteiger partial charge is 0.335 e. The third kappa shape index (κ3) is 3.06. The second-order valence-corrected chi connectivity index (χ2v) is 2.49. The molecule has 0 bridgehead atoms. The van der Waals surface area contributed by atoms with Crippen molar-refractivity contribution in [3.8, 4) is 0 Å². The Balaban J connectivity index is 4.89. The van der Waals surface area contributed by atoms with Crippen LogP contribution >= 0.6 is 11.6 Å². The summed E-state index contributed by atoms with van der Waals surface area (Å²) in [6.07, 6.45) is 0. The van der Waals surface area contributed by atoms with Crippen molar-refractivity contribution in [3.63, 3.8) is 0 Å². The van der Waals surface area contributed by atoms with Crippen LogP contribution in [0.5, 0.6) is 0 Å². The van der Waals surface area contributed by atoms with Gasteiger partial charge in [0.05, 0.1) is 25.7 Å². The fraction of sp³-hybridized carbons (Fsp3) is 0.500. The maximum atomic E-state index is 11.0. The molecule has 0 aliphatic rings. The molecule has 0 saturated heterocycles. The van der Waals surface area contributed by atoms with Gasteiger partial charge in [-0.25, -0.2) is 9.59 Å². The van der Waals surface area contributed by atoms with Crippen LogP contribution in [0.25, 0.3) is 0 Å². The standard InChI is InChI=1S/C8H11ClO4/c1-5(7(10)12-2)6(4-9)8(11)13-3/h4H2,1-3H3. The zero-order valence-electron chi connectivity index (χ0n) is 7.72. The summed E-state index contributed by atoms with van der Waals surface area (Å²) in [5.41, 5.74) is 0.292. The van der Waals surface area contributed by atoms with E-state index in [-0.39, 0.29) is 17.0 Å². The Morgan fingerprint density at radius 1 is 1.15 bits per heavy atom. The summed E-state index contributed by atoms with van der Waals surface area (Å²) in [5.74, 6) is -1.27. The van der Waals surface area contributed by atoms with Gasteiger partial charge in [0.1, 0.15) is 0 Å². The minimum atomic E-state index is -0.613. The number of rotatable bonds is 3. The number of alkyl halides is 1. The first-order valence-corrected chi connectivity index (χ1v) is 4.04. The lowest BCUT2D eigenvalue weighted by molar-refractivity contribution is -0.139. The molecule has 0 N–H and O–H groups in total. The molecule has 74 valence electrons. The van der Waals surface area contributed by atoms with E-state index in [1.165, 1.54) is 21.1 Å². The summed E-state index contributed by atoms with van der Waals surface area (Å²) in [6, 6.07) is 0. The molecule has 0 aliphatic heterocycles. The summed E-state index contributed by atoms with van der Waals surface area (Å²) in [4.78, 5) is 22.0. The summed E-state index contributed by atoms with van der Waals surface area (Å²) in [7, 11) is 2.45. The fourth-order valence-electron chi connectivity index (χ4n) is 0.707. The highest BCUT2D eigenvalue weighted by molar-refractivity contribution is 6.23. The summed E-state index contributed by atoms with van der Waals surface area (Å²) in [6.45, 7) is 1.46. The number of carbonyl (C=O) groups is 2. The van der Waals surface area contributed by atoms with Crippen LogP contribution in [0.4, 0.5) is 0 Å². The summed E-state index contributed by atoms with van der Waals surface area (Å²) in [5, 5.41) is 0. The van der Waals surface area contributed by atoms with Crippen molar-refractivity contribution in [2.24, 2.45) is 0 Å². The molecule has 0 rings (SSSR count). The first-order valence-electron chi connectivity index (χ1n) is 3.50. The van der Waals surface area contributed by atoms with Crippen LogP contribution in [0.3, 0.4) is 0 Å². The van der Waals surface area contributed by atoms with Crippen LogP contribution in [0, 0.1) is 0 Å². The van der Waals surface area contributed by atoms with Gasteiger partial charge in [-0.15, -0.1) is 11.6 Å². The lowest BCUT2D eigenvalue weighted by atomic mass is 10.1. The third-order valence-corrected chi connectivity index (χ3v) is 1.78. The van der Waals surface area contributed by atoms with Gasteiger partial charge in [-0.2, -0.15) is 0 Å². The predicted octanol–water partition coefficient (Wildman–Crippen LogP) is 0.888. The lowest BCUT2D eigenvalue weighted by Gasteiger charge is -2.05. The van der Waals surface area contributed by atoms with E-state index >= 15 is 0 Å². The SMILES string of the molecule is COC(=O)C(C)=C(CCl)C(=O)OC. The molecule has 0 atom stereocenters. The van der Waals surface area contributed by atoms with E-state index in [0.29, 0.717) is 0 Å². The molecule has 0 heterocycles. The summed E-state index contributed by atoms with van der Waals surface area (Å²) >= 11 is 5.47. The van der Waals surface area contributed by atoms with Crippen LogP contribution in [-0.2, 0) is 19.1 Å². The van der Waals surface area contributed by atoms with Gasteiger partial charge in [-0.1, -0.05) is 0 Å². The highest BCUT2D eigenvalue weighted by atomic mass is 35.5. The Hall–Kier alpha value is -1.03. The van der Waals surface area contributed by atoms with Crippen LogP contribution < -0.4 is 0 Å². The van der Waals surface area contributed by atoms with Crippen LogP contribution in [0.15, 0.2) is 11.1 Å². The monoisotopic (exact) mass is 206 g/mol. The van der Waals surface area contributed by atoms with Gasteiger partial charge >= 0.3 is 11.9 Å². The Morgan fingerprint density at radius 2 is 1.62 bits per heavy atom. The van der Waals surface area contributed by atoms with Crippen molar-refractivity contribution in [1.29, 1.82) is 0 Å². The van der Waals surface area contributed by atoms with Gasteiger partial charge in [-0.3, -0.25) is 0 Å². The molecule has 4 nitrogen and oxygen atoms in total. The largest absolute Gasteiger partial charge is 0.466 e. The molecule has 0 aromatic carbocycles. The number of ether oxygens (including phenoxy) is 2. The molecule has 0 aromatic heterocycles. The van der Waals surface area contributed by atoms with E-state index in [4.69, 9.17) is 11.6 Å². The number of esters is 2. The molecule has 0 spiro atoms. The number of methoxy groups -OCH3 is 2. The van der Waals surface area contributed by atoms with Gasteiger partial charge in [-0.05, 0) is 6.92 Å². The quantitative estimate of drug-likeness (QED) is 0.391. The fourth-order valence-corrected chi connectivity index (χ4v) is 1.02. The first-order chi connectivity index (χ1) is 6.08. The van der Waals surface area contributed by atoms with Gasteiger partial charge in [0, 0.05) is 5.57 Å². The van der Waals surface area contributed by atoms with Crippen molar-refractivity contribution in [2.45, 2.75) is 6.92 Å². The van der Waals surface area contributed by atoms with E-state index in [0.717, 1.165) is 0 Å². The molecule has 5 heteroatoms.